The lowest BCUT2D eigenvalue weighted by molar-refractivity contribution is 0.142. The normalized spacial score (nSPS) is 15.6. The van der Waals surface area contributed by atoms with Gasteiger partial charge in [0.2, 0.25) is 0 Å². The number of amides is 2. The Morgan fingerprint density at radius 3 is 2.92 bits per heavy atom. The minimum atomic E-state index is -0.0528. The van der Waals surface area contributed by atoms with Crippen LogP contribution in [0.3, 0.4) is 0 Å². The summed E-state index contributed by atoms with van der Waals surface area (Å²) in [4.78, 5) is 21.2. The van der Waals surface area contributed by atoms with E-state index in [9.17, 15) is 4.79 Å². The lowest BCUT2D eigenvalue weighted by Crippen LogP contribution is -2.49. The lowest BCUT2D eigenvalue weighted by Gasteiger charge is -2.34. The van der Waals surface area contributed by atoms with Crippen LogP contribution in [0.1, 0.15) is 10.7 Å². The maximum atomic E-state index is 12.5. The Hall–Kier alpha value is -2.45. The van der Waals surface area contributed by atoms with Crippen molar-refractivity contribution in [1.82, 2.24) is 25.0 Å². The van der Waals surface area contributed by atoms with Crippen molar-refractivity contribution in [3.8, 4) is 0 Å². The highest BCUT2D eigenvalue weighted by Gasteiger charge is 2.21. The van der Waals surface area contributed by atoms with E-state index in [1.165, 1.54) is 0 Å². The molecule has 4 rings (SSSR count). The Balaban J connectivity index is 1.31. The Labute approximate surface area is 149 Å². The average Bonchev–Trinajstić information content (AvgIpc) is 3.24. The van der Waals surface area contributed by atoms with E-state index < -0.39 is 0 Å². The average molecular weight is 356 g/mol. The first-order valence-corrected chi connectivity index (χ1v) is 9.18. The molecule has 25 heavy (non-hydrogen) atoms. The van der Waals surface area contributed by atoms with Crippen LogP contribution in [-0.4, -0.2) is 57.2 Å². The highest BCUT2D eigenvalue weighted by atomic mass is 32.1. The number of nitrogens with zero attached hydrogens (tertiary/aromatic N) is 4. The topological polar surface area (TPSA) is 77.2 Å². The van der Waals surface area contributed by atoms with Crippen LogP contribution in [0.15, 0.2) is 29.8 Å². The van der Waals surface area contributed by atoms with E-state index in [0.29, 0.717) is 0 Å². The van der Waals surface area contributed by atoms with Crippen LogP contribution in [0.4, 0.5) is 10.5 Å². The third kappa shape index (κ3) is 3.64. The molecule has 3 heterocycles. The molecule has 0 bridgehead atoms. The lowest BCUT2D eigenvalue weighted by atomic mass is 10.2. The number of nitrogens with one attached hydrogen (secondary N) is 2. The molecule has 0 unspecified atom stereocenters. The first kappa shape index (κ1) is 16.0. The number of anilines is 1. The summed E-state index contributed by atoms with van der Waals surface area (Å²) in [5, 5.41) is 14.1. The maximum absolute atomic E-state index is 12.5. The van der Waals surface area contributed by atoms with Gasteiger partial charge in [-0.2, -0.15) is 5.10 Å². The number of hydrogen-bond donors (Lipinski definition) is 2. The molecule has 3 aromatic rings. The quantitative estimate of drug-likeness (QED) is 0.756. The number of carbonyl (C=O) groups excluding carboxylic acids is 1. The maximum Gasteiger partial charge on any atom is 0.321 e. The highest BCUT2D eigenvalue weighted by Crippen LogP contribution is 2.17. The van der Waals surface area contributed by atoms with Crippen LogP contribution in [0.25, 0.3) is 10.9 Å². The zero-order valence-electron chi connectivity index (χ0n) is 14.0. The Kier molecular flexibility index (Phi) is 4.37. The number of aryl methyl sites for hydroxylation is 1. The minimum absolute atomic E-state index is 0.0528. The Morgan fingerprint density at radius 1 is 1.32 bits per heavy atom. The fourth-order valence-corrected chi connectivity index (χ4v) is 3.64. The molecule has 1 aliphatic heterocycles. The number of carbonyl (C=O) groups is 1. The number of aromatic amines is 1. The number of rotatable bonds is 3. The molecule has 1 saturated heterocycles. The molecule has 0 atom stereocenters. The first-order chi connectivity index (χ1) is 12.2. The summed E-state index contributed by atoms with van der Waals surface area (Å²) in [6, 6.07) is 5.70. The second kappa shape index (κ2) is 6.81. The molecule has 2 amide bonds. The summed E-state index contributed by atoms with van der Waals surface area (Å²) in [6.07, 6.45) is 1.77. The molecule has 8 heteroatoms. The van der Waals surface area contributed by atoms with Gasteiger partial charge >= 0.3 is 6.03 Å². The second-order valence-corrected chi connectivity index (χ2v) is 7.29. The van der Waals surface area contributed by atoms with E-state index >= 15 is 0 Å². The monoisotopic (exact) mass is 356 g/mol. The summed E-state index contributed by atoms with van der Waals surface area (Å²) in [5.74, 6) is 0. The van der Waals surface area contributed by atoms with Crippen molar-refractivity contribution in [3.63, 3.8) is 0 Å². The van der Waals surface area contributed by atoms with Gasteiger partial charge in [0.15, 0.2) is 0 Å². The second-order valence-electron chi connectivity index (χ2n) is 6.22. The summed E-state index contributed by atoms with van der Waals surface area (Å²) in [6.45, 7) is 6.06. The molecule has 0 radical (unpaired) electrons. The fraction of sp³-hybridized carbons (Fsp3) is 0.353. The number of piperazine rings is 1. The third-order valence-electron chi connectivity index (χ3n) is 4.40. The van der Waals surface area contributed by atoms with Gasteiger partial charge in [-0.25, -0.2) is 9.78 Å². The van der Waals surface area contributed by atoms with Gasteiger partial charge in [0.05, 0.1) is 22.4 Å². The van der Waals surface area contributed by atoms with Gasteiger partial charge in [0, 0.05) is 49.2 Å². The first-order valence-electron chi connectivity index (χ1n) is 8.30. The van der Waals surface area contributed by atoms with Crippen LogP contribution >= 0.6 is 11.3 Å². The minimum Gasteiger partial charge on any atom is -0.322 e. The third-order valence-corrected chi connectivity index (χ3v) is 5.23. The molecule has 0 aliphatic carbocycles. The summed E-state index contributed by atoms with van der Waals surface area (Å²) >= 11 is 1.68. The Morgan fingerprint density at radius 2 is 2.16 bits per heavy atom. The standard InChI is InChI=1S/C17H20N6OS/c1-12-19-15(11-25-12)10-22-4-6-23(7-5-22)17(24)20-14-3-2-13-9-18-21-16(13)8-14/h2-3,8-9,11H,4-7,10H2,1H3,(H,18,21)(H,20,24). The van der Waals surface area contributed by atoms with Crippen LogP contribution in [0.2, 0.25) is 0 Å². The number of thiazole rings is 1. The fourth-order valence-electron chi connectivity index (χ4n) is 3.04. The van der Waals surface area contributed by atoms with Gasteiger partial charge in [-0.15, -0.1) is 11.3 Å². The van der Waals surface area contributed by atoms with Crippen molar-refractivity contribution >= 4 is 34.0 Å². The summed E-state index contributed by atoms with van der Waals surface area (Å²) in [7, 11) is 0. The van der Waals surface area contributed by atoms with Crippen molar-refractivity contribution in [1.29, 1.82) is 0 Å². The van der Waals surface area contributed by atoms with Gasteiger partial charge in [-0.1, -0.05) is 0 Å². The van der Waals surface area contributed by atoms with E-state index in [1.807, 2.05) is 30.0 Å². The molecular formula is C17H20N6OS. The van der Waals surface area contributed by atoms with Crippen molar-refractivity contribution in [3.05, 3.63) is 40.5 Å². The van der Waals surface area contributed by atoms with Gasteiger partial charge in [0.1, 0.15) is 0 Å². The van der Waals surface area contributed by atoms with E-state index in [1.54, 1.807) is 17.5 Å². The van der Waals surface area contributed by atoms with Crippen molar-refractivity contribution in [2.75, 3.05) is 31.5 Å². The van der Waals surface area contributed by atoms with Gasteiger partial charge in [-0.05, 0) is 25.1 Å². The number of H-pyrrole nitrogens is 1. The molecule has 0 saturated carbocycles. The van der Waals surface area contributed by atoms with Crippen LogP contribution < -0.4 is 5.32 Å². The number of aromatic nitrogens is 3. The van der Waals surface area contributed by atoms with E-state index in [0.717, 1.165) is 60.0 Å². The van der Waals surface area contributed by atoms with Gasteiger partial charge in [-0.3, -0.25) is 10.00 Å². The van der Waals surface area contributed by atoms with Crippen LogP contribution in [0.5, 0.6) is 0 Å². The summed E-state index contributed by atoms with van der Waals surface area (Å²) < 4.78 is 0. The predicted octanol–water partition coefficient (Wildman–Crippen LogP) is 2.68. The summed E-state index contributed by atoms with van der Waals surface area (Å²) in [5.41, 5.74) is 2.82. The molecule has 7 nitrogen and oxygen atoms in total. The number of urea groups is 1. The molecule has 130 valence electrons. The SMILES string of the molecule is Cc1nc(CN2CCN(C(=O)Nc3ccc4cn[nH]c4c3)CC2)cs1. The molecule has 2 N–H and O–H groups in total. The smallest absolute Gasteiger partial charge is 0.321 e. The van der Waals surface area contributed by atoms with Crippen molar-refractivity contribution in [2.45, 2.75) is 13.5 Å². The van der Waals surface area contributed by atoms with Gasteiger partial charge < -0.3 is 10.2 Å². The molecular weight excluding hydrogens is 336 g/mol. The highest BCUT2D eigenvalue weighted by molar-refractivity contribution is 7.09. The Bertz CT molecular complexity index is 880. The van der Waals surface area contributed by atoms with E-state index in [-0.39, 0.29) is 6.03 Å². The number of hydrogen-bond acceptors (Lipinski definition) is 5. The predicted molar refractivity (Wildman–Crippen MR) is 98.8 cm³/mol. The molecule has 1 fully saturated rings. The number of fused-ring (bicyclic) bond motifs is 1. The number of benzene rings is 1. The zero-order chi connectivity index (χ0) is 17.2. The zero-order valence-corrected chi connectivity index (χ0v) is 14.8. The van der Waals surface area contributed by atoms with Gasteiger partial charge in [0.25, 0.3) is 0 Å². The largest absolute Gasteiger partial charge is 0.322 e. The van der Waals surface area contributed by atoms with E-state index in [4.69, 9.17) is 0 Å². The van der Waals surface area contributed by atoms with Crippen molar-refractivity contribution in [2.24, 2.45) is 0 Å². The molecule has 0 spiro atoms. The van der Waals surface area contributed by atoms with Crippen LogP contribution in [0, 0.1) is 6.92 Å². The molecule has 1 aliphatic rings. The molecule has 1 aromatic carbocycles. The van der Waals surface area contributed by atoms with Crippen molar-refractivity contribution < 1.29 is 4.79 Å². The van der Waals surface area contributed by atoms with E-state index in [2.05, 4.69) is 30.8 Å². The molecule has 2 aromatic heterocycles. The van der Waals surface area contributed by atoms with Crippen LogP contribution in [-0.2, 0) is 6.54 Å².